The molecule has 8 heteroatoms. The van der Waals surface area contributed by atoms with E-state index in [0.29, 0.717) is 11.3 Å². The van der Waals surface area contributed by atoms with Crippen LogP contribution in [0.1, 0.15) is 23.6 Å². The van der Waals surface area contributed by atoms with E-state index in [9.17, 15) is 24.2 Å². The molecule has 0 aromatic heterocycles. The lowest BCUT2D eigenvalue weighted by molar-refractivity contribution is -0.140. The second kappa shape index (κ2) is 8.96. The number of methoxy groups -OCH3 is 2. The van der Waals surface area contributed by atoms with Crippen LogP contribution in [0.15, 0.2) is 48.0 Å². The van der Waals surface area contributed by atoms with Gasteiger partial charge in [-0.15, -0.1) is 0 Å². The Bertz CT molecular complexity index is 986. The number of halogens is 1. The van der Waals surface area contributed by atoms with E-state index in [0.717, 1.165) is 6.07 Å². The summed E-state index contributed by atoms with van der Waals surface area (Å²) in [6.45, 7) is -0.0481. The number of ether oxygens (including phenoxy) is 2. The number of nitrogens with zero attached hydrogens (tertiary/aromatic N) is 1. The number of ketones is 1. The summed E-state index contributed by atoms with van der Waals surface area (Å²) in [5.41, 5.74) is 0.475. The van der Waals surface area contributed by atoms with E-state index in [1.807, 2.05) is 0 Å². The molecule has 30 heavy (non-hydrogen) atoms. The second-order valence-corrected chi connectivity index (χ2v) is 6.69. The van der Waals surface area contributed by atoms with Crippen LogP contribution in [0.3, 0.4) is 0 Å². The first kappa shape index (κ1) is 21.3. The van der Waals surface area contributed by atoms with Gasteiger partial charge < -0.3 is 24.6 Å². The molecule has 1 amide bonds. The van der Waals surface area contributed by atoms with Gasteiger partial charge in [-0.05, 0) is 42.3 Å². The van der Waals surface area contributed by atoms with E-state index >= 15 is 0 Å². The van der Waals surface area contributed by atoms with Crippen molar-refractivity contribution in [3.05, 3.63) is 65.0 Å². The van der Waals surface area contributed by atoms with Crippen molar-refractivity contribution in [3.8, 4) is 11.5 Å². The van der Waals surface area contributed by atoms with Crippen LogP contribution < -0.4 is 9.47 Å². The molecule has 3 rings (SSSR count). The van der Waals surface area contributed by atoms with E-state index in [1.54, 1.807) is 24.3 Å². The number of aliphatic hydroxyl groups is 2. The third-order valence-electron chi connectivity index (χ3n) is 4.95. The highest BCUT2D eigenvalue weighted by Crippen LogP contribution is 2.40. The van der Waals surface area contributed by atoms with E-state index in [-0.39, 0.29) is 36.5 Å². The van der Waals surface area contributed by atoms with Crippen LogP contribution in [0, 0.1) is 5.82 Å². The van der Waals surface area contributed by atoms with Crippen LogP contribution in [0.5, 0.6) is 11.5 Å². The minimum atomic E-state index is -0.882. The number of carbonyl (C=O) groups is 2. The van der Waals surface area contributed by atoms with Crippen molar-refractivity contribution in [2.24, 2.45) is 0 Å². The zero-order valence-corrected chi connectivity index (χ0v) is 16.6. The van der Waals surface area contributed by atoms with Gasteiger partial charge in [-0.1, -0.05) is 12.1 Å². The van der Waals surface area contributed by atoms with Crippen LogP contribution in [-0.2, 0) is 9.59 Å². The van der Waals surface area contributed by atoms with Crippen molar-refractivity contribution >= 4 is 17.4 Å². The number of aliphatic hydroxyl groups excluding tert-OH is 2. The standard InChI is InChI=1S/C22H22FNO6/c1-29-15-7-4-13(5-8-15)19-18(21(27)22(28)24(19)10-3-11-25)20(26)14-6-9-17(30-2)16(23)12-14/h4-9,12,19,25-26H,3,10-11H2,1-2H3/b20-18+. The number of rotatable bonds is 7. The molecule has 0 aliphatic carbocycles. The third-order valence-corrected chi connectivity index (χ3v) is 4.95. The van der Waals surface area contributed by atoms with Gasteiger partial charge in [0.1, 0.15) is 11.5 Å². The summed E-state index contributed by atoms with van der Waals surface area (Å²) in [7, 11) is 2.83. The lowest BCUT2D eigenvalue weighted by Crippen LogP contribution is -2.31. The van der Waals surface area contributed by atoms with Gasteiger partial charge in [0.2, 0.25) is 0 Å². The van der Waals surface area contributed by atoms with Gasteiger partial charge in [-0.25, -0.2) is 4.39 Å². The molecule has 1 saturated heterocycles. The molecule has 1 heterocycles. The maximum atomic E-state index is 14.2. The number of hydrogen-bond donors (Lipinski definition) is 2. The summed E-state index contributed by atoms with van der Waals surface area (Å²) in [6, 6.07) is 9.61. The molecule has 0 saturated carbocycles. The number of hydrogen-bond acceptors (Lipinski definition) is 6. The van der Waals surface area contributed by atoms with Crippen LogP contribution in [0.2, 0.25) is 0 Å². The highest BCUT2D eigenvalue weighted by Gasteiger charge is 2.45. The molecule has 2 N–H and O–H groups in total. The van der Waals surface area contributed by atoms with Gasteiger partial charge >= 0.3 is 0 Å². The van der Waals surface area contributed by atoms with Gasteiger partial charge in [-0.3, -0.25) is 9.59 Å². The quantitative estimate of drug-likeness (QED) is 0.410. The fraction of sp³-hybridized carbons (Fsp3) is 0.273. The van der Waals surface area contributed by atoms with Crippen molar-refractivity contribution in [2.45, 2.75) is 12.5 Å². The highest BCUT2D eigenvalue weighted by atomic mass is 19.1. The van der Waals surface area contributed by atoms with Crippen LogP contribution in [0.4, 0.5) is 4.39 Å². The Morgan fingerprint density at radius 1 is 1.10 bits per heavy atom. The van der Waals surface area contributed by atoms with E-state index < -0.39 is 29.3 Å². The van der Waals surface area contributed by atoms with Crippen molar-refractivity contribution in [3.63, 3.8) is 0 Å². The Hall–Kier alpha value is -3.39. The first-order chi connectivity index (χ1) is 14.4. The minimum absolute atomic E-state index is 0.0124. The molecule has 1 atom stereocenters. The molecule has 2 aromatic rings. The smallest absolute Gasteiger partial charge is 0.295 e. The third kappa shape index (κ3) is 3.86. The topological polar surface area (TPSA) is 96.3 Å². The average Bonchev–Trinajstić information content (AvgIpc) is 3.01. The summed E-state index contributed by atoms with van der Waals surface area (Å²) >= 11 is 0. The first-order valence-electron chi connectivity index (χ1n) is 9.30. The van der Waals surface area contributed by atoms with Crippen molar-refractivity contribution in [1.82, 2.24) is 4.90 Å². The van der Waals surface area contributed by atoms with Crippen LogP contribution >= 0.6 is 0 Å². The maximum absolute atomic E-state index is 14.2. The molecule has 1 aliphatic rings. The molecule has 7 nitrogen and oxygen atoms in total. The monoisotopic (exact) mass is 415 g/mol. The lowest BCUT2D eigenvalue weighted by Gasteiger charge is -2.25. The van der Waals surface area contributed by atoms with Crippen LogP contribution in [0.25, 0.3) is 5.76 Å². The van der Waals surface area contributed by atoms with Gasteiger partial charge in [0.05, 0.1) is 25.8 Å². The Balaban J connectivity index is 2.14. The van der Waals surface area contributed by atoms with Crippen molar-refractivity contribution in [2.75, 3.05) is 27.4 Å². The van der Waals surface area contributed by atoms with Crippen molar-refractivity contribution < 1.29 is 33.7 Å². The number of likely N-dealkylation sites (tertiary alicyclic amines) is 1. The Kier molecular flexibility index (Phi) is 6.37. The van der Waals surface area contributed by atoms with Gasteiger partial charge in [0.25, 0.3) is 11.7 Å². The summed E-state index contributed by atoms with van der Waals surface area (Å²) in [6.07, 6.45) is 0.261. The number of amides is 1. The second-order valence-electron chi connectivity index (χ2n) is 6.69. The summed E-state index contributed by atoms with van der Waals surface area (Å²) in [5, 5.41) is 20.1. The lowest BCUT2D eigenvalue weighted by atomic mass is 9.95. The molecule has 0 bridgehead atoms. The average molecular weight is 415 g/mol. The SMILES string of the molecule is COc1ccc(C2/C(=C(\O)c3ccc(OC)c(F)c3)C(=O)C(=O)N2CCCO)cc1. The molecule has 1 aliphatic heterocycles. The predicted octanol–water partition coefficient (Wildman–Crippen LogP) is 2.65. The molecule has 1 unspecified atom stereocenters. The first-order valence-corrected chi connectivity index (χ1v) is 9.30. The zero-order chi connectivity index (χ0) is 21.8. The number of carbonyl (C=O) groups excluding carboxylic acids is 2. The van der Waals surface area contributed by atoms with Gasteiger partial charge in [-0.2, -0.15) is 0 Å². The Morgan fingerprint density at radius 2 is 1.80 bits per heavy atom. The maximum Gasteiger partial charge on any atom is 0.295 e. The summed E-state index contributed by atoms with van der Waals surface area (Å²) < 4.78 is 24.2. The summed E-state index contributed by atoms with van der Waals surface area (Å²) in [4.78, 5) is 26.8. The Labute approximate surface area is 173 Å². The van der Waals surface area contributed by atoms with E-state index in [1.165, 1.54) is 31.3 Å². The highest BCUT2D eigenvalue weighted by molar-refractivity contribution is 6.46. The molecule has 0 spiro atoms. The Morgan fingerprint density at radius 3 is 2.37 bits per heavy atom. The van der Waals surface area contributed by atoms with Gasteiger partial charge in [0.15, 0.2) is 11.6 Å². The predicted molar refractivity (Wildman–Crippen MR) is 107 cm³/mol. The summed E-state index contributed by atoms with van der Waals surface area (Å²) in [5.74, 6) is -2.29. The fourth-order valence-electron chi connectivity index (χ4n) is 3.45. The fourth-order valence-corrected chi connectivity index (χ4v) is 3.45. The van der Waals surface area contributed by atoms with E-state index in [2.05, 4.69) is 0 Å². The number of Topliss-reactive ketones (excluding diaryl/α,β-unsaturated/α-hetero) is 1. The minimum Gasteiger partial charge on any atom is -0.507 e. The molecule has 158 valence electrons. The zero-order valence-electron chi connectivity index (χ0n) is 16.6. The van der Waals surface area contributed by atoms with Gasteiger partial charge in [0, 0.05) is 18.7 Å². The number of benzene rings is 2. The van der Waals surface area contributed by atoms with E-state index in [4.69, 9.17) is 9.47 Å². The normalized spacial score (nSPS) is 18.0. The van der Waals surface area contributed by atoms with Crippen LogP contribution in [-0.4, -0.2) is 54.2 Å². The largest absolute Gasteiger partial charge is 0.507 e. The molecule has 2 aromatic carbocycles. The van der Waals surface area contributed by atoms with Crippen molar-refractivity contribution in [1.29, 1.82) is 0 Å². The molecule has 0 radical (unpaired) electrons. The molecular formula is C22H22FNO6. The molecule has 1 fully saturated rings. The molecular weight excluding hydrogens is 393 g/mol.